The van der Waals surface area contributed by atoms with Gasteiger partial charge < -0.3 is 5.32 Å². The maximum absolute atomic E-state index is 13.6. The van der Waals surface area contributed by atoms with Crippen LogP contribution in [-0.2, 0) is 6.42 Å². The molecule has 2 aromatic rings. The first kappa shape index (κ1) is 16.3. The van der Waals surface area contributed by atoms with Crippen LogP contribution in [0.5, 0.6) is 0 Å². The van der Waals surface area contributed by atoms with Gasteiger partial charge in [-0.1, -0.05) is 30.3 Å². The number of benzene rings is 1. The number of hydrogen-bond donors (Lipinski definition) is 1. The number of alkyl halides is 3. The minimum absolute atomic E-state index is 0.0618. The molecule has 0 spiro atoms. The number of rotatable bonds is 3. The zero-order valence-corrected chi connectivity index (χ0v) is 13.2. The predicted octanol–water partition coefficient (Wildman–Crippen LogP) is 4.31. The van der Waals surface area contributed by atoms with Gasteiger partial charge in [0.05, 0.1) is 5.69 Å². The molecule has 23 heavy (non-hydrogen) atoms. The van der Waals surface area contributed by atoms with E-state index >= 15 is 0 Å². The molecule has 3 rings (SSSR count). The van der Waals surface area contributed by atoms with Crippen LogP contribution in [0.15, 0.2) is 48.7 Å². The van der Waals surface area contributed by atoms with Crippen LogP contribution in [-0.4, -0.2) is 24.2 Å². The van der Waals surface area contributed by atoms with E-state index in [-0.39, 0.29) is 10.9 Å². The van der Waals surface area contributed by atoms with E-state index in [1.54, 1.807) is 12.1 Å². The number of hydrogen-bond acceptors (Lipinski definition) is 3. The average Bonchev–Trinajstić information content (AvgIpc) is 2.74. The molecular formula is C17H17F3N2S. The summed E-state index contributed by atoms with van der Waals surface area (Å²) >= 11 is 0.932. The standard InChI is InChI=1S/C17H17F3N2S/c18-17(19,20)16(14-7-3-4-9-22-14)23-15-11-21-10-8-12-5-1-2-6-13(12)15/h1-7,9,15-16,21H,8,10-11H2. The zero-order chi connectivity index (χ0) is 16.3. The normalized spacial score (nSPS) is 19.7. The van der Waals surface area contributed by atoms with Crippen LogP contribution in [0.25, 0.3) is 0 Å². The van der Waals surface area contributed by atoms with E-state index in [2.05, 4.69) is 10.3 Å². The summed E-state index contributed by atoms with van der Waals surface area (Å²) in [6.45, 7) is 1.31. The molecule has 6 heteroatoms. The van der Waals surface area contributed by atoms with Gasteiger partial charge in [0.2, 0.25) is 0 Å². The summed E-state index contributed by atoms with van der Waals surface area (Å²) < 4.78 is 40.7. The van der Waals surface area contributed by atoms with Crippen LogP contribution in [0.1, 0.15) is 27.3 Å². The molecule has 2 nitrogen and oxygen atoms in total. The highest BCUT2D eigenvalue weighted by molar-refractivity contribution is 7.99. The molecule has 0 saturated carbocycles. The molecule has 2 unspecified atom stereocenters. The highest BCUT2D eigenvalue weighted by atomic mass is 32.2. The molecule has 0 aliphatic carbocycles. The van der Waals surface area contributed by atoms with Crippen molar-refractivity contribution in [2.24, 2.45) is 0 Å². The van der Waals surface area contributed by atoms with E-state index in [0.29, 0.717) is 6.54 Å². The Morgan fingerprint density at radius 3 is 2.65 bits per heavy atom. The summed E-state index contributed by atoms with van der Waals surface area (Å²) in [5, 5.41) is 1.37. The van der Waals surface area contributed by atoms with E-state index in [4.69, 9.17) is 0 Å². The monoisotopic (exact) mass is 338 g/mol. The largest absolute Gasteiger partial charge is 0.406 e. The third-order valence-electron chi connectivity index (χ3n) is 3.86. The van der Waals surface area contributed by atoms with Crippen molar-refractivity contribution < 1.29 is 13.2 Å². The van der Waals surface area contributed by atoms with Crippen LogP contribution in [0.2, 0.25) is 0 Å². The van der Waals surface area contributed by atoms with Gasteiger partial charge in [0.1, 0.15) is 5.25 Å². The maximum Gasteiger partial charge on any atom is 0.406 e. The van der Waals surface area contributed by atoms with Gasteiger partial charge in [-0.2, -0.15) is 13.2 Å². The number of thioether (sulfide) groups is 1. The lowest BCUT2D eigenvalue weighted by Crippen LogP contribution is -2.24. The maximum atomic E-state index is 13.6. The van der Waals surface area contributed by atoms with E-state index in [1.165, 1.54) is 12.3 Å². The van der Waals surface area contributed by atoms with Crippen molar-refractivity contribution in [2.75, 3.05) is 13.1 Å². The highest BCUT2D eigenvalue weighted by Crippen LogP contribution is 2.49. The lowest BCUT2D eigenvalue weighted by Gasteiger charge is -2.25. The van der Waals surface area contributed by atoms with Gasteiger partial charge in [-0.15, -0.1) is 11.8 Å². The summed E-state index contributed by atoms with van der Waals surface area (Å²) in [7, 11) is 0. The van der Waals surface area contributed by atoms with Crippen molar-refractivity contribution in [3.63, 3.8) is 0 Å². The molecule has 2 heterocycles. The van der Waals surface area contributed by atoms with E-state index in [1.807, 2.05) is 24.3 Å². The van der Waals surface area contributed by atoms with E-state index in [9.17, 15) is 13.2 Å². The lowest BCUT2D eigenvalue weighted by molar-refractivity contribution is -0.130. The fourth-order valence-electron chi connectivity index (χ4n) is 2.77. The van der Waals surface area contributed by atoms with Crippen molar-refractivity contribution in [1.29, 1.82) is 0 Å². The van der Waals surface area contributed by atoms with Crippen molar-refractivity contribution in [2.45, 2.75) is 23.1 Å². The Kier molecular flexibility index (Phi) is 4.92. The van der Waals surface area contributed by atoms with Gasteiger partial charge in [-0.25, -0.2) is 0 Å². The van der Waals surface area contributed by atoms with Crippen molar-refractivity contribution >= 4 is 11.8 Å². The number of fused-ring (bicyclic) bond motifs is 1. The Labute approximate surface area is 137 Å². The van der Waals surface area contributed by atoms with Gasteiger partial charge in [0.15, 0.2) is 0 Å². The Balaban J connectivity index is 1.91. The van der Waals surface area contributed by atoms with Gasteiger partial charge in [0, 0.05) is 18.0 Å². The molecule has 0 fully saturated rings. The Bertz CT molecular complexity index is 646. The van der Waals surface area contributed by atoms with Crippen LogP contribution in [0.3, 0.4) is 0 Å². The molecule has 1 aliphatic rings. The molecule has 1 aromatic carbocycles. The minimum atomic E-state index is -4.33. The van der Waals surface area contributed by atoms with Gasteiger partial charge in [-0.05, 0) is 36.2 Å². The van der Waals surface area contributed by atoms with Crippen LogP contribution in [0.4, 0.5) is 13.2 Å². The molecule has 1 N–H and O–H groups in total. The summed E-state index contributed by atoms with van der Waals surface area (Å²) in [6.07, 6.45) is -2.08. The molecule has 0 saturated heterocycles. The van der Waals surface area contributed by atoms with Crippen LogP contribution in [0, 0.1) is 0 Å². The second-order valence-electron chi connectivity index (χ2n) is 5.45. The van der Waals surface area contributed by atoms with Crippen LogP contribution < -0.4 is 5.32 Å². The topological polar surface area (TPSA) is 24.9 Å². The van der Waals surface area contributed by atoms with Crippen molar-refractivity contribution in [3.05, 3.63) is 65.5 Å². The Hall–Kier alpha value is -1.53. The van der Waals surface area contributed by atoms with Gasteiger partial charge in [0.25, 0.3) is 0 Å². The Morgan fingerprint density at radius 2 is 1.91 bits per heavy atom. The number of halogens is 3. The summed E-state index contributed by atoms with van der Waals surface area (Å²) in [5.74, 6) is 0. The van der Waals surface area contributed by atoms with E-state index < -0.39 is 11.4 Å². The average molecular weight is 338 g/mol. The lowest BCUT2D eigenvalue weighted by atomic mass is 10.0. The third kappa shape index (κ3) is 3.87. The smallest absolute Gasteiger partial charge is 0.315 e. The van der Waals surface area contributed by atoms with E-state index in [0.717, 1.165) is 35.9 Å². The van der Waals surface area contributed by atoms with Crippen molar-refractivity contribution in [3.8, 4) is 0 Å². The first-order valence-corrected chi connectivity index (χ1v) is 8.41. The number of nitrogens with zero attached hydrogens (tertiary/aromatic N) is 1. The summed E-state index contributed by atoms with van der Waals surface area (Å²) in [4.78, 5) is 3.93. The number of nitrogens with one attached hydrogen (secondary N) is 1. The molecular weight excluding hydrogens is 321 g/mol. The fraction of sp³-hybridized carbons (Fsp3) is 0.353. The predicted molar refractivity (Wildman–Crippen MR) is 86.4 cm³/mol. The van der Waals surface area contributed by atoms with Gasteiger partial charge >= 0.3 is 6.18 Å². The number of pyridine rings is 1. The quantitative estimate of drug-likeness (QED) is 0.903. The van der Waals surface area contributed by atoms with Crippen molar-refractivity contribution in [1.82, 2.24) is 10.3 Å². The highest BCUT2D eigenvalue weighted by Gasteiger charge is 2.44. The van der Waals surface area contributed by atoms with Gasteiger partial charge in [-0.3, -0.25) is 4.98 Å². The summed E-state index contributed by atoms with van der Waals surface area (Å²) in [6, 6.07) is 12.4. The molecule has 0 radical (unpaired) electrons. The second kappa shape index (κ2) is 6.93. The number of aromatic nitrogens is 1. The SMILES string of the molecule is FC(F)(F)C(SC1CNCCc2ccccc21)c1ccccn1. The van der Waals surface area contributed by atoms with Crippen LogP contribution >= 0.6 is 11.8 Å². The molecule has 2 atom stereocenters. The third-order valence-corrected chi connectivity index (χ3v) is 5.39. The first-order chi connectivity index (χ1) is 11.1. The molecule has 122 valence electrons. The first-order valence-electron chi connectivity index (χ1n) is 7.47. The molecule has 0 amide bonds. The zero-order valence-electron chi connectivity index (χ0n) is 12.4. The Morgan fingerprint density at radius 1 is 1.13 bits per heavy atom. The molecule has 1 aromatic heterocycles. The minimum Gasteiger partial charge on any atom is -0.315 e. The molecule has 0 bridgehead atoms. The summed E-state index contributed by atoms with van der Waals surface area (Å²) in [5.41, 5.74) is 2.18. The second-order valence-corrected chi connectivity index (χ2v) is 6.77. The fourth-order valence-corrected chi connectivity index (χ4v) is 4.13. The molecule has 1 aliphatic heterocycles.